The van der Waals surface area contributed by atoms with Crippen LogP contribution >= 0.6 is 0 Å². The molecule has 5 fully saturated rings. The third-order valence-corrected chi connectivity index (χ3v) is 9.75. The van der Waals surface area contributed by atoms with Crippen LogP contribution in [-0.4, -0.2) is 72.7 Å². The van der Waals surface area contributed by atoms with Crippen molar-refractivity contribution in [1.82, 2.24) is 21.4 Å². The topological polar surface area (TPSA) is 182 Å². The SMILES string of the molecule is C.CC(C)C[C@H](NC(=O)[C@H](CCCN=C(N)N[N+](=O)[O-])NC(=O)[C@H]1CCCCN1)B1O[C@@H]2C[C@@H]3C[C@@H](C3(C)C)[C@]2(C)O1. The lowest BCUT2D eigenvalue weighted by molar-refractivity contribution is -0.525. The van der Waals surface area contributed by atoms with Crippen LogP contribution < -0.4 is 27.1 Å². The van der Waals surface area contributed by atoms with Crippen molar-refractivity contribution in [3.05, 3.63) is 10.1 Å². The maximum Gasteiger partial charge on any atom is 0.481 e. The lowest BCUT2D eigenvalue weighted by Gasteiger charge is -2.64. The number of aliphatic imine (C=N–C) groups is 1. The van der Waals surface area contributed by atoms with Gasteiger partial charge < -0.3 is 31.0 Å². The minimum atomic E-state index is -0.813. The maximum absolute atomic E-state index is 13.7. The summed E-state index contributed by atoms with van der Waals surface area (Å²) in [6, 6.07) is -1.16. The standard InChI is InChI=1S/C27H48BN7O6.CH4/c1-16(2)13-22(28-40-21-15-17-14-20(26(17,3)4)27(21,5)41-28)33-24(37)19(10-8-12-31-25(29)34-35(38)39)32-23(36)18-9-6-7-11-30-18;/h16-22,30H,6-15H2,1-5H3,(H,32,36)(H,33,37)(H3,29,31,34);1H4/t17-,18+,19-,20-,21+,22-,27-;/m0./s1. The number of nitrogens with two attached hydrogens (primary N) is 1. The minimum Gasteiger partial charge on any atom is -0.404 e. The number of hydrogen-bond acceptors (Lipinski definition) is 8. The molecule has 0 aromatic carbocycles. The normalized spacial score (nSPS) is 31.2. The summed E-state index contributed by atoms with van der Waals surface area (Å²) in [5.74, 6) is 0.0989. The van der Waals surface area contributed by atoms with Gasteiger partial charge in [0.2, 0.25) is 11.8 Å². The van der Waals surface area contributed by atoms with Crippen molar-refractivity contribution in [3.63, 3.8) is 0 Å². The van der Waals surface area contributed by atoms with Crippen LogP contribution in [-0.2, 0) is 18.9 Å². The fourth-order valence-electron chi connectivity index (χ4n) is 7.34. The molecule has 5 aliphatic rings. The average molecular weight is 594 g/mol. The fourth-order valence-corrected chi connectivity index (χ4v) is 7.34. The van der Waals surface area contributed by atoms with Crippen LogP contribution in [0.5, 0.6) is 0 Å². The van der Waals surface area contributed by atoms with E-state index in [4.69, 9.17) is 15.0 Å². The Labute approximate surface area is 250 Å². The smallest absolute Gasteiger partial charge is 0.404 e. The first-order valence-corrected chi connectivity index (χ1v) is 15.2. The van der Waals surface area contributed by atoms with E-state index >= 15 is 0 Å². The van der Waals surface area contributed by atoms with Crippen LogP contribution in [0.4, 0.5) is 0 Å². The van der Waals surface area contributed by atoms with E-state index in [1.165, 1.54) is 0 Å². The van der Waals surface area contributed by atoms with Gasteiger partial charge in [-0.25, -0.2) is 15.1 Å². The van der Waals surface area contributed by atoms with Crippen molar-refractivity contribution in [2.24, 2.45) is 33.9 Å². The van der Waals surface area contributed by atoms with E-state index in [1.54, 1.807) is 5.43 Å². The number of rotatable bonds is 12. The Kier molecular flexibility index (Phi) is 11.3. The molecule has 6 N–H and O–H groups in total. The van der Waals surface area contributed by atoms with E-state index in [2.05, 4.69) is 55.6 Å². The molecular weight excluding hydrogens is 541 g/mol. The molecule has 0 spiro atoms. The number of nitrogens with zero attached hydrogens (tertiary/aromatic N) is 2. The van der Waals surface area contributed by atoms with E-state index in [1.807, 2.05) is 0 Å². The number of piperidine rings is 1. The van der Waals surface area contributed by atoms with Crippen molar-refractivity contribution < 1.29 is 23.9 Å². The quantitative estimate of drug-likeness (QED) is 0.0564. The van der Waals surface area contributed by atoms with E-state index in [0.29, 0.717) is 37.5 Å². The van der Waals surface area contributed by atoms with Crippen molar-refractivity contribution >= 4 is 24.9 Å². The summed E-state index contributed by atoms with van der Waals surface area (Å²) in [4.78, 5) is 41.3. The second-order valence-corrected chi connectivity index (χ2v) is 13.4. The van der Waals surface area contributed by atoms with Gasteiger partial charge in [0.1, 0.15) is 6.04 Å². The number of carbonyl (C=O) groups is 2. The van der Waals surface area contributed by atoms with Gasteiger partial charge >= 0.3 is 7.12 Å². The van der Waals surface area contributed by atoms with Crippen LogP contribution in [0.3, 0.4) is 0 Å². The number of carbonyl (C=O) groups excluding carboxylic acids is 2. The van der Waals surface area contributed by atoms with Crippen LogP contribution in [0.1, 0.15) is 93.4 Å². The summed E-state index contributed by atoms with van der Waals surface area (Å²) in [5.41, 5.74) is 7.14. The number of hydrazine groups is 1. The van der Waals surface area contributed by atoms with Crippen LogP contribution in [0.25, 0.3) is 0 Å². The van der Waals surface area contributed by atoms with Crippen LogP contribution in [0, 0.1) is 33.3 Å². The molecule has 2 saturated heterocycles. The molecule has 0 aromatic heterocycles. The Morgan fingerprint density at radius 1 is 1.21 bits per heavy atom. The lowest BCUT2D eigenvalue weighted by atomic mass is 9.43. The zero-order valence-corrected chi connectivity index (χ0v) is 25.1. The Morgan fingerprint density at radius 2 is 1.95 bits per heavy atom. The third-order valence-electron chi connectivity index (χ3n) is 9.75. The minimum absolute atomic E-state index is 0. The second kappa shape index (κ2) is 13.9. The predicted molar refractivity (Wildman–Crippen MR) is 162 cm³/mol. The molecule has 3 aliphatic carbocycles. The Hall–Kier alpha value is -2.45. The third kappa shape index (κ3) is 7.54. The van der Waals surface area contributed by atoms with Crippen molar-refractivity contribution in [2.75, 3.05) is 13.1 Å². The highest BCUT2D eigenvalue weighted by atomic mass is 16.7. The molecule has 0 unspecified atom stereocenters. The summed E-state index contributed by atoms with van der Waals surface area (Å²) in [5, 5.41) is 19.1. The van der Waals surface area contributed by atoms with Crippen molar-refractivity contribution in [2.45, 2.75) is 123 Å². The van der Waals surface area contributed by atoms with Gasteiger partial charge in [0, 0.05) is 6.54 Å². The van der Waals surface area contributed by atoms with Gasteiger partial charge in [-0.2, -0.15) is 0 Å². The molecule has 238 valence electrons. The van der Waals surface area contributed by atoms with Gasteiger partial charge in [-0.3, -0.25) is 9.59 Å². The number of amides is 2. The summed E-state index contributed by atoms with van der Waals surface area (Å²) < 4.78 is 13.2. The first kappa shape index (κ1) is 34.0. The molecule has 13 nitrogen and oxygen atoms in total. The highest BCUT2D eigenvalue weighted by Crippen LogP contribution is 2.65. The highest BCUT2D eigenvalue weighted by molar-refractivity contribution is 6.48. The highest BCUT2D eigenvalue weighted by Gasteiger charge is 2.68. The van der Waals surface area contributed by atoms with Gasteiger partial charge in [-0.05, 0) is 81.6 Å². The molecule has 2 bridgehead atoms. The molecule has 0 radical (unpaired) electrons. The summed E-state index contributed by atoms with van der Waals surface area (Å²) in [6.45, 7) is 11.9. The molecule has 5 rings (SSSR count). The molecule has 3 saturated carbocycles. The van der Waals surface area contributed by atoms with Gasteiger partial charge in [0.25, 0.3) is 5.96 Å². The van der Waals surface area contributed by atoms with Gasteiger partial charge in [-0.15, -0.1) is 0 Å². The average Bonchev–Trinajstić information content (AvgIpc) is 3.26. The number of nitro groups is 1. The number of hydrogen-bond donors (Lipinski definition) is 5. The van der Waals surface area contributed by atoms with Gasteiger partial charge in [0.05, 0.1) is 23.7 Å². The molecule has 7 atom stereocenters. The van der Waals surface area contributed by atoms with E-state index in [9.17, 15) is 19.7 Å². The van der Waals surface area contributed by atoms with Crippen molar-refractivity contribution in [1.29, 1.82) is 0 Å². The van der Waals surface area contributed by atoms with E-state index < -0.39 is 23.8 Å². The Bertz CT molecular complexity index is 1010. The summed E-state index contributed by atoms with van der Waals surface area (Å²) in [6.07, 6.45) is 6.12. The monoisotopic (exact) mass is 593 g/mol. The van der Waals surface area contributed by atoms with Crippen LogP contribution in [0.2, 0.25) is 0 Å². The second-order valence-electron chi connectivity index (χ2n) is 13.4. The number of guanidine groups is 1. The van der Waals surface area contributed by atoms with E-state index in [0.717, 1.165) is 32.2 Å². The first-order chi connectivity index (χ1) is 19.3. The molecule has 14 heteroatoms. The summed E-state index contributed by atoms with van der Waals surface area (Å²) in [7, 11) is -0.569. The summed E-state index contributed by atoms with van der Waals surface area (Å²) >= 11 is 0. The van der Waals surface area contributed by atoms with E-state index in [-0.39, 0.29) is 61.2 Å². The fraction of sp³-hybridized carbons (Fsp3) is 0.893. The van der Waals surface area contributed by atoms with Crippen molar-refractivity contribution in [3.8, 4) is 0 Å². The first-order valence-electron chi connectivity index (χ1n) is 15.2. The number of nitrogens with one attached hydrogen (secondary N) is 4. The molecular formula is C28H52BN7O6. The Morgan fingerprint density at radius 3 is 2.57 bits per heavy atom. The molecule has 2 heterocycles. The largest absolute Gasteiger partial charge is 0.481 e. The predicted octanol–water partition coefficient (Wildman–Crippen LogP) is 1.92. The molecule has 42 heavy (non-hydrogen) atoms. The van der Waals surface area contributed by atoms with Gasteiger partial charge in [-0.1, -0.05) is 47.0 Å². The van der Waals surface area contributed by atoms with Gasteiger partial charge in [0.15, 0.2) is 5.03 Å². The molecule has 2 aliphatic heterocycles. The zero-order valence-electron chi connectivity index (χ0n) is 25.1. The zero-order chi connectivity index (χ0) is 29.9. The molecule has 2 amide bonds. The maximum atomic E-state index is 13.7. The molecule has 0 aromatic rings. The Balaban J connectivity index is 0.00000484. The lowest BCUT2D eigenvalue weighted by Crippen LogP contribution is -2.65. The van der Waals surface area contributed by atoms with Crippen LogP contribution in [0.15, 0.2) is 4.99 Å².